The molecule has 4 heterocycles. The van der Waals surface area contributed by atoms with Gasteiger partial charge >= 0.3 is 0 Å². The summed E-state index contributed by atoms with van der Waals surface area (Å²) in [6.07, 6.45) is 0.538. The van der Waals surface area contributed by atoms with Crippen LogP contribution in [0, 0.1) is 5.82 Å². The first-order valence-electron chi connectivity index (χ1n) is 16.1. The molecule has 3 saturated heterocycles. The number of hydrogen-bond acceptors (Lipinski definition) is 10. The summed E-state index contributed by atoms with van der Waals surface area (Å²) < 4.78 is 19.5. The van der Waals surface area contributed by atoms with E-state index in [0.29, 0.717) is 44.8 Å². The van der Waals surface area contributed by atoms with Crippen molar-refractivity contribution < 1.29 is 42.7 Å². The molecule has 258 valence electrons. The number of imide groups is 2. The fourth-order valence-corrected chi connectivity index (χ4v) is 6.76. The molecule has 0 radical (unpaired) electrons. The Morgan fingerprint density at radius 3 is 2.37 bits per heavy atom. The van der Waals surface area contributed by atoms with Crippen LogP contribution in [0.4, 0.5) is 15.8 Å². The van der Waals surface area contributed by atoms with Crippen molar-refractivity contribution in [2.24, 2.45) is 0 Å². The van der Waals surface area contributed by atoms with Gasteiger partial charge in [-0.3, -0.25) is 43.8 Å². The van der Waals surface area contributed by atoms with Crippen molar-refractivity contribution in [3.8, 4) is 5.75 Å². The lowest BCUT2D eigenvalue weighted by Crippen LogP contribution is -2.54. The normalized spacial score (nSPS) is 20.8. The maximum absolute atomic E-state index is 14.5. The molecule has 0 spiro atoms. The van der Waals surface area contributed by atoms with Crippen LogP contribution in [-0.2, 0) is 19.2 Å². The number of carbonyl (C=O) groups excluding carboxylic acids is 7. The van der Waals surface area contributed by atoms with E-state index in [1.807, 2.05) is 4.90 Å². The van der Waals surface area contributed by atoms with Crippen LogP contribution in [0.1, 0.15) is 63.2 Å². The number of piperazine rings is 1. The number of nitrogens with zero attached hydrogens (tertiary/aromatic N) is 4. The SMILES string of the molecule is COc1cc(N)c(F)c(C(=O)N[C@H]2CCN(C(=O)CCC(=O)N3CCN(c4cccc5c4C(=O)N(C4CCC(=O)NC4=O)C5=O)CC3)C2)c1. The lowest BCUT2D eigenvalue weighted by Gasteiger charge is -2.37. The van der Waals surface area contributed by atoms with Gasteiger partial charge in [0, 0.05) is 70.6 Å². The maximum Gasteiger partial charge on any atom is 0.264 e. The van der Waals surface area contributed by atoms with Crippen molar-refractivity contribution >= 4 is 52.7 Å². The Kier molecular flexibility index (Phi) is 9.21. The second kappa shape index (κ2) is 13.5. The van der Waals surface area contributed by atoms with Crippen molar-refractivity contribution in [2.45, 2.75) is 44.2 Å². The van der Waals surface area contributed by atoms with Crippen LogP contribution in [0.2, 0.25) is 0 Å². The Hall–Kier alpha value is -5.54. The molecule has 2 atom stereocenters. The summed E-state index contributed by atoms with van der Waals surface area (Å²) in [6.45, 7) is 2.02. The number of nitrogens with two attached hydrogens (primary N) is 1. The summed E-state index contributed by atoms with van der Waals surface area (Å²) in [5.41, 5.74) is 6.09. The number of likely N-dealkylation sites (tertiary alicyclic amines) is 1. The predicted molar refractivity (Wildman–Crippen MR) is 171 cm³/mol. The van der Waals surface area contributed by atoms with Crippen molar-refractivity contribution in [3.63, 3.8) is 0 Å². The highest BCUT2D eigenvalue weighted by molar-refractivity contribution is 6.25. The zero-order chi connectivity index (χ0) is 35.0. The van der Waals surface area contributed by atoms with Crippen LogP contribution in [0.5, 0.6) is 5.75 Å². The smallest absolute Gasteiger partial charge is 0.264 e. The molecule has 0 saturated carbocycles. The number of amides is 7. The zero-order valence-corrected chi connectivity index (χ0v) is 26.8. The number of nitrogens with one attached hydrogen (secondary N) is 2. The number of benzene rings is 2. The lowest BCUT2D eigenvalue weighted by molar-refractivity contribution is -0.136. The Morgan fingerprint density at radius 1 is 0.959 bits per heavy atom. The van der Waals surface area contributed by atoms with E-state index in [1.54, 1.807) is 21.9 Å². The Balaban J connectivity index is 0.989. The van der Waals surface area contributed by atoms with E-state index in [0.717, 1.165) is 4.90 Å². The molecule has 2 aromatic rings. The van der Waals surface area contributed by atoms with Crippen LogP contribution in [-0.4, -0.2) is 115 Å². The van der Waals surface area contributed by atoms with Gasteiger partial charge in [-0.2, -0.15) is 0 Å². The molecule has 2 aromatic carbocycles. The van der Waals surface area contributed by atoms with Gasteiger partial charge in [-0.05, 0) is 31.0 Å². The molecule has 4 N–H and O–H groups in total. The minimum absolute atomic E-state index is 0.00467. The van der Waals surface area contributed by atoms with E-state index >= 15 is 0 Å². The number of anilines is 2. The Morgan fingerprint density at radius 2 is 1.67 bits per heavy atom. The largest absolute Gasteiger partial charge is 0.497 e. The fraction of sp³-hybridized carbons (Fsp3) is 0.424. The van der Waals surface area contributed by atoms with Gasteiger partial charge in [-0.1, -0.05) is 6.07 Å². The molecule has 49 heavy (non-hydrogen) atoms. The first kappa shape index (κ1) is 33.4. The molecule has 0 bridgehead atoms. The minimum Gasteiger partial charge on any atom is -0.497 e. The Labute approximate surface area is 280 Å². The topological polar surface area (TPSA) is 192 Å². The second-order valence-corrected chi connectivity index (χ2v) is 12.4. The quantitative estimate of drug-likeness (QED) is 0.258. The summed E-state index contributed by atoms with van der Waals surface area (Å²) in [5.74, 6) is -4.01. The van der Waals surface area contributed by atoms with Gasteiger partial charge in [-0.15, -0.1) is 0 Å². The van der Waals surface area contributed by atoms with Crippen LogP contribution in [0.25, 0.3) is 0 Å². The zero-order valence-electron chi connectivity index (χ0n) is 26.8. The molecule has 0 aromatic heterocycles. The lowest BCUT2D eigenvalue weighted by atomic mass is 10.0. The molecule has 1 unspecified atom stereocenters. The van der Waals surface area contributed by atoms with Gasteiger partial charge in [0.15, 0.2) is 5.82 Å². The molecule has 6 rings (SSSR count). The molecule has 3 fully saturated rings. The summed E-state index contributed by atoms with van der Waals surface area (Å²) in [6, 6.07) is 6.00. The molecular weight excluding hydrogens is 641 g/mol. The van der Waals surface area contributed by atoms with Crippen LogP contribution in [0.3, 0.4) is 0 Å². The molecule has 15 nitrogen and oxygen atoms in total. The number of nitrogen functional groups attached to an aromatic ring is 1. The number of hydrogen-bond donors (Lipinski definition) is 3. The van der Waals surface area contributed by atoms with Crippen molar-refractivity contribution in [1.29, 1.82) is 0 Å². The van der Waals surface area contributed by atoms with Crippen LogP contribution >= 0.6 is 0 Å². The Bertz CT molecular complexity index is 1760. The van der Waals surface area contributed by atoms with Gasteiger partial charge < -0.3 is 30.5 Å². The molecule has 16 heteroatoms. The highest BCUT2D eigenvalue weighted by Crippen LogP contribution is 2.34. The summed E-state index contributed by atoms with van der Waals surface area (Å²) in [5, 5.41) is 4.93. The van der Waals surface area contributed by atoms with E-state index in [1.165, 1.54) is 25.3 Å². The van der Waals surface area contributed by atoms with Gasteiger partial charge in [0.25, 0.3) is 17.7 Å². The third-order valence-corrected chi connectivity index (χ3v) is 9.40. The number of halogens is 1. The standard InChI is InChI=1S/C33H36FN7O8/c1-49-19-15-21(29(34)22(35)16-19)30(45)36-18-9-10-40(17-18)27(44)8-7-26(43)39-13-11-38(12-14-39)23-4-2-3-20-28(23)33(48)41(32(20)47)24-5-6-25(42)37-31(24)46/h2-4,15-16,18,24H,5-14,17,35H2,1H3,(H,36,45)(H,37,42,46)/t18-,24?/m0/s1. The van der Waals surface area contributed by atoms with Gasteiger partial charge in [-0.25, -0.2) is 4.39 Å². The van der Waals surface area contributed by atoms with Crippen molar-refractivity contribution in [3.05, 3.63) is 52.8 Å². The van der Waals surface area contributed by atoms with Crippen LogP contribution < -0.4 is 26.0 Å². The predicted octanol–water partition coefficient (Wildman–Crippen LogP) is 0.277. The van der Waals surface area contributed by atoms with E-state index < -0.39 is 47.4 Å². The monoisotopic (exact) mass is 677 g/mol. The third kappa shape index (κ3) is 6.49. The van der Waals surface area contributed by atoms with E-state index in [9.17, 15) is 38.0 Å². The van der Waals surface area contributed by atoms with Gasteiger partial charge in [0.1, 0.15) is 11.8 Å². The molecular formula is C33H36FN7O8. The first-order valence-corrected chi connectivity index (χ1v) is 16.1. The summed E-state index contributed by atoms with van der Waals surface area (Å²) in [7, 11) is 1.38. The number of piperidine rings is 1. The van der Waals surface area contributed by atoms with E-state index in [4.69, 9.17) is 10.5 Å². The van der Waals surface area contributed by atoms with Gasteiger partial charge in [0.2, 0.25) is 23.6 Å². The fourth-order valence-electron chi connectivity index (χ4n) is 6.76. The average Bonchev–Trinajstić information content (AvgIpc) is 3.66. The third-order valence-electron chi connectivity index (χ3n) is 9.40. The van der Waals surface area contributed by atoms with E-state index in [-0.39, 0.29) is 72.2 Å². The maximum atomic E-state index is 14.5. The molecule has 4 aliphatic rings. The number of ether oxygens (including phenoxy) is 1. The van der Waals surface area contributed by atoms with Crippen molar-refractivity contribution in [1.82, 2.24) is 25.3 Å². The second-order valence-electron chi connectivity index (χ2n) is 12.4. The number of methoxy groups -OCH3 is 1. The minimum atomic E-state index is -1.07. The number of rotatable bonds is 8. The summed E-state index contributed by atoms with van der Waals surface area (Å²) >= 11 is 0. The molecule has 0 aliphatic carbocycles. The van der Waals surface area contributed by atoms with E-state index in [2.05, 4.69) is 10.6 Å². The highest BCUT2D eigenvalue weighted by Gasteiger charge is 2.46. The first-order chi connectivity index (χ1) is 23.5. The van der Waals surface area contributed by atoms with Crippen molar-refractivity contribution in [2.75, 3.05) is 57.0 Å². The number of fused-ring (bicyclic) bond motifs is 1. The summed E-state index contributed by atoms with van der Waals surface area (Å²) in [4.78, 5) is 95.5. The highest BCUT2D eigenvalue weighted by atomic mass is 19.1. The number of carbonyl (C=O) groups is 7. The van der Waals surface area contributed by atoms with Gasteiger partial charge in [0.05, 0.1) is 35.2 Å². The molecule has 7 amide bonds. The van der Waals surface area contributed by atoms with Crippen LogP contribution in [0.15, 0.2) is 30.3 Å². The molecule has 4 aliphatic heterocycles. The average molecular weight is 678 g/mol.